The zero-order chi connectivity index (χ0) is 20.1. The predicted octanol–water partition coefficient (Wildman–Crippen LogP) is 4.58. The number of aryl methyl sites for hydroxylation is 1. The Labute approximate surface area is 172 Å². The van der Waals surface area contributed by atoms with E-state index in [1.807, 2.05) is 72.8 Å². The summed E-state index contributed by atoms with van der Waals surface area (Å²) in [6.07, 6.45) is 1.55. The van der Waals surface area contributed by atoms with E-state index in [9.17, 15) is 9.59 Å². The first-order chi connectivity index (χ1) is 14.2. The largest absolute Gasteiger partial charge is 0.325 e. The smallest absolute Gasteiger partial charge is 0.226 e. The second-order valence-corrected chi connectivity index (χ2v) is 7.57. The number of anilines is 1. The third-order valence-electron chi connectivity index (χ3n) is 4.44. The van der Waals surface area contributed by atoms with Crippen molar-refractivity contribution in [3.63, 3.8) is 0 Å². The van der Waals surface area contributed by atoms with Crippen molar-refractivity contribution in [1.29, 1.82) is 0 Å². The van der Waals surface area contributed by atoms with Crippen LogP contribution >= 0.6 is 11.8 Å². The first-order valence-electron chi connectivity index (χ1n) is 9.27. The average molecular weight is 401 g/mol. The van der Waals surface area contributed by atoms with Crippen molar-refractivity contribution in [2.75, 3.05) is 5.32 Å². The number of aromatic nitrogens is 2. The van der Waals surface area contributed by atoms with Crippen LogP contribution in [0.4, 0.5) is 5.69 Å². The molecular formula is C23H19N3O2S. The lowest BCUT2D eigenvalue weighted by Crippen LogP contribution is -2.18. The number of fused-ring (bicyclic) bond motifs is 1. The lowest BCUT2D eigenvalue weighted by Gasteiger charge is -2.12. The van der Waals surface area contributed by atoms with Gasteiger partial charge in [0.05, 0.1) is 23.9 Å². The van der Waals surface area contributed by atoms with Crippen molar-refractivity contribution in [1.82, 2.24) is 9.78 Å². The Kier molecular flexibility index (Phi) is 5.72. The fourth-order valence-corrected chi connectivity index (χ4v) is 3.96. The summed E-state index contributed by atoms with van der Waals surface area (Å²) in [6.45, 7) is 0.390. The highest BCUT2D eigenvalue weighted by Gasteiger charge is 2.10. The minimum atomic E-state index is -0.117. The zero-order valence-electron chi connectivity index (χ0n) is 15.6. The Bertz CT molecular complexity index is 1210. The maximum absolute atomic E-state index is 12.6. The molecule has 1 heterocycles. The van der Waals surface area contributed by atoms with Gasteiger partial charge in [0.2, 0.25) is 11.3 Å². The molecule has 0 saturated heterocycles. The van der Waals surface area contributed by atoms with E-state index in [4.69, 9.17) is 0 Å². The Morgan fingerprint density at radius 3 is 2.52 bits per heavy atom. The standard InChI is InChI=1S/C23H19N3O2S/c27-21-16-24-26(20-12-6-4-10-18(20)21)15-14-23(28)25-19-11-5-7-13-22(19)29-17-8-2-1-3-9-17/h1-13,16H,14-15H2,(H,25,28). The van der Waals surface area contributed by atoms with Gasteiger partial charge in [-0.15, -0.1) is 0 Å². The average Bonchev–Trinajstić information content (AvgIpc) is 2.76. The van der Waals surface area contributed by atoms with Crippen LogP contribution in [0.15, 0.2) is 99.6 Å². The quantitative estimate of drug-likeness (QED) is 0.514. The van der Waals surface area contributed by atoms with Crippen LogP contribution in [0, 0.1) is 0 Å². The van der Waals surface area contributed by atoms with E-state index >= 15 is 0 Å². The summed E-state index contributed by atoms with van der Waals surface area (Å²) in [5.41, 5.74) is 1.39. The number of hydrogen-bond acceptors (Lipinski definition) is 4. The molecule has 5 nitrogen and oxygen atoms in total. The van der Waals surface area contributed by atoms with Gasteiger partial charge in [0.15, 0.2) is 0 Å². The number of para-hydroxylation sites is 2. The van der Waals surface area contributed by atoms with Crippen molar-refractivity contribution < 1.29 is 4.79 Å². The van der Waals surface area contributed by atoms with Crippen molar-refractivity contribution in [3.05, 3.63) is 95.3 Å². The van der Waals surface area contributed by atoms with Gasteiger partial charge in [0, 0.05) is 21.6 Å². The SMILES string of the molecule is O=C(CCn1ncc(=O)c2ccccc21)Nc1ccccc1Sc1ccccc1. The second-order valence-electron chi connectivity index (χ2n) is 6.46. The molecule has 4 rings (SSSR count). The summed E-state index contributed by atoms with van der Waals surface area (Å²) in [4.78, 5) is 26.6. The molecule has 1 aromatic heterocycles. The van der Waals surface area contributed by atoms with E-state index in [1.54, 1.807) is 22.5 Å². The number of rotatable bonds is 6. The topological polar surface area (TPSA) is 64.0 Å². The summed E-state index contributed by atoms with van der Waals surface area (Å²) in [7, 11) is 0. The molecule has 4 aromatic rings. The Morgan fingerprint density at radius 1 is 0.931 bits per heavy atom. The third kappa shape index (κ3) is 4.55. The second kappa shape index (κ2) is 8.75. The highest BCUT2D eigenvalue weighted by Crippen LogP contribution is 2.33. The summed E-state index contributed by atoms with van der Waals surface area (Å²) in [5.74, 6) is -0.101. The van der Waals surface area contributed by atoms with Crippen LogP contribution in [-0.2, 0) is 11.3 Å². The van der Waals surface area contributed by atoms with Crippen molar-refractivity contribution in [2.24, 2.45) is 0 Å². The third-order valence-corrected chi connectivity index (χ3v) is 5.53. The van der Waals surface area contributed by atoms with Crippen molar-refractivity contribution >= 4 is 34.3 Å². The van der Waals surface area contributed by atoms with Crippen LogP contribution < -0.4 is 10.7 Å². The fraction of sp³-hybridized carbons (Fsp3) is 0.0870. The van der Waals surface area contributed by atoms with Gasteiger partial charge < -0.3 is 5.32 Å². The first kappa shape index (κ1) is 19.0. The van der Waals surface area contributed by atoms with E-state index in [-0.39, 0.29) is 17.8 Å². The fourth-order valence-electron chi connectivity index (χ4n) is 3.03. The molecule has 0 saturated carbocycles. The molecule has 0 aliphatic rings. The maximum Gasteiger partial charge on any atom is 0.226 e. The van der Waals surface area contributed by atoms with Gasteiger partial charge in [-0.3, -0.25) is 14.3 Å². The summed E-state index contributed by atoms with van der Waals surface area (Å²) in [5, 5.41) is 7.78. The molecule has 144 valence electrons. The zero-order valence-corrected chi connectivity index (χ0v) is 16.4. The van der Waals surface area contributed by atoms with Crippen molar-refractivity contribution in [2.45, 2.75) is 22.8 Å². The molecule has 29 heavy (non-hydrogen) atoms. The highest BCUT2D eigenvalue weighted by atomic mass is 32.2. The van der Waals surface area contributed by atoms with Crippen LogP contribution in [0.25, 0.3) is 10.9 Å². The first-order valence-corrected chi connectivity index (χ1v) is 10.1. The number of benzene rings is 3. The minimum absolute atomic E-state index is 0.101. The van der Waals surface area contributed by atoms with Crippen LogP contribution in [0.1, 0.15) is 6.42 Å². The Balaban J connectivity index is 1.46. The van der Waals surface area contributed by atoms with Gasteiger partial charge in [-0.1, -0.05) is 54.2 Å². The molecule has 6 heteroatoms. The van der Waals surface area contributed by atoms with Gasteiger partial charge in [-0.25, -0.2) is 0 Å². The van der Waals surface area contributed by atoms with Gasteiger partial charge in [0.25, 0.3) is 0 Å². The summed E-state index contributed by atoms with van der Waals surface area (Å²) >= 11 is 1.61. The van der Waals surface area contributed by atoms with Gasteiger partial charge >= 0.3 is 0 Å². The predicted molar refractivity (Wildman–Crippen MR) is 116 cm³/mol. The molecule has 1 N–H and O–H groups in total. The molecule has 0 aliphatic carbocycles. The number of amides is 1. The lowest BCUT2D eigenvalue weighted by molar-refractivity contribution is -0.116. The van der Waals surface area contributed by atoms with E-state index in [1.165, 1.54) is 6.20 Å². The van der Waals surface area contributed by atoms with Gasteiger partial charge in [0.1, 0.15) is 0 Å². The Hall–Kier alpha value is -3.38. The van der Waals surface area contributed by atoms with E-state index in [0.29, 0.717) is 11.9 Å². The number of hydrogen-bond donors (Lipinski definition) is 1. The maximum atomic E-state index is 12.6. The molecule has 0 spiro atoms. The molecule has 1 amide bonds. The minimum Gasteiger partial charge on any atom is -0.325 e. The summed E-state index contributed by atoms with van der Waals surface area (Å²) in [6, 6.07) is 25.1. The molecular weight excluding hydrogens is 382 g/mol. The Morgan fingerprint density at radius 2 is 1.66 bits per heavy atom. The van der Waals surface area contributed by atoms with Crippen LogP contribution in [0.2, 0.25) is 0 Å². The van der Waals surface area contributed by atoms with Crippen LogP contribution in [0.3, 0.4) is 0 Å². The molecule has 0 unspecified atom stereocenters. The molecule has 0 radical (unpaired) electrons. The van der Waals surface area contributed by atoms with E-state index < -0.39 is 0 Å². The van der Waals surface area contributed by atoms with E-state index in [2.05, 4.69) is 10.4 Å². The molecule has 0 atom stereocenters. The van der Waals surface area contributed by atoms with E-state index in [0.717, 1.165) is 21.0 Å². The van der Waals surface area contributed by atoms with Gasteiger partial charge in [-0.05, 0) is 36.4 Å². The number of carbonyl (C=O) groups excluding carboxylic acids is 1. The normalized spacial score (nSPS) is 10.8. The lowest BCUT2D eigenvalue weighted by atomic mass is 10.2. The molecule has 0 aliphatic heterocycles. The highest BCUT2D eigenvalue weighted by molar-refractivity contribution is 7.99. The van der Waals surface area contributed by atoms with Gasteiger partial charge in [-0.2, -0.15) is 5.10 Å². The van der Waals surface area contributed by atoms with Crippen molar-refractivity contribution in [3.8, 4) is 0 Å². The van der Waals surface area contributed by atoms with Crippen LogP contribution in [-0.4, -0.2) is 15.7 Å². The molecule has 0 bridgehead atoms. The molecule has 3 aromatic carbocycles. The molecule has 0 fully saturated rings. The number of nitrogens with zero attached hydrogens (tertiary/aromatic N) is 2. The number of nitrogens with one attached hydrogen (secondary N) is 1. The number of carbonyl (C=O) groups is 1. The monoisotopic (exact) mass is 401 g/mol. The van der Waals surface area contributed by atoms with Crippen LogP contribution in [0.5, 0.6) is 0 Å². The summed E-state index contributed by atoms with van der Waals surface area (Å²) < 4.78 is 1.70.